The number of benzene rings is 1. The van der Waals surface area contributed by atoms with E-state index in [-0.39, 0.29) is 5.78 Å². The van der Waals surface area contributed by atoms with Gasteiger partial charge in [-0.15, -0.1) is 11.3 Å². The molecule has 0 aliphatic heterocycles. The summed E-state index contributed by atoms with van der Waals surface area (Å²) in [7, 11) is 0. The van der Waals surface area contributed by atoms with Crippen LogP contribution in [0.25, 0.3) is 11.8 Å². The number of hydrogen-bond donors (Lipinski definition) is 0. The van der Waals surface area contributed by atoms with Crippen LogP contribution >= 0.6 is 11.3 Å². The lowest BCUT2D eigenvalue weighted by molar-refractivity contribution is 0.105. The van der Waals surface area contributed by atoms with Gasteiger partial charge in [0.15, 0.2) is 5.78 Å². The first-order valence-corrected chi connectivity index (χ1v) is 7.84. The van der Waals surface area contributed by atoms with E-state index < -0.39 is 0 Å². The molecule has 2 heterocycles. The van der Waals surface area contributed by atoms with Gasteiger partial charge in [0, 0.05) is 4.88 Å². The van der Waals surface area contributed by atoms with E-state index >= 15 is 0 Å². The minimum absolute atomic E-state index is 0.0463. The van der Waals surface area contributed by atoms with E-state index in [1.807, 2.05) is 42.5 Å². The van der Waals surface area contributed by atoms with Crippen LogP contribution in [0.3, 0.4) is 0 Å². The summed E-state index contributed by atoms with van der Waals surface area (Å²) in [5, 5.41) is 4.08. The Hall–Kier alpha value is -2.53. The lowest BCUT2D eigenvalue weighted by atomic mass is 10.1. The number of allylic oxidation sites excluding steroid dienone is 1. The van der Waals surface area contributed by atoms with Crippen LogP contribution in [0.1, 0.15) is 27.0 Å². The van der Waals surface area contributed by atoms with E-state index in [9.17, 15) is 4.79 Å². The SMILES string of the molecule is CCc1ccc(C(=O)C=Cc2ccc(-n3cncn3)cc2)s1. The van der Waals surface area contributed by atoms with Crippen molar-refractivity contribution in [2.45, 2.75) is 13.3 Å². The Kier molecular flexibility index (Phi) is 4.25. The number of aryl methyl sites for hydroxylation is 1. The maximum absolute atomic E-state index is 12.1. The molecule has 22 heavy (non-hydrogen) atoms. The molecule has 0 aliphatic rings. The van der Waals surface area contributed by atoms with Gasteiger partial charge in [0.25, 0.3) is 0 Å². The van der Waals surface area contributed by atoms with Gasteiger partial charge in [0.2, 0.25) is 0 Å². The van der Waals surface area contributed by atoms with Crippen molar-refractivity contribution < 1.29 is 4.79 Å². The van der Waals surface area contributed by atoms with Crippen molar-refractivity contribution in [3.8, 4) is 5.69 Å². The molecule has 3 rings (SSSR count). The second-order valence-electron chi connectivity index (χ2n) is 4.75. The van der Waals surface area contributed by atoms with Crippen LogP contribution in [0.5, 0.6) is 0 Å². The van der Waals surface area contributed by atoms with Crippen molar-refractivity contribution in [2.24, 2.45) is 0 Å². The van der Waals surface area contributed by atoms with Gasteiger partial charge in [0.1, 0.15) is 12.7 Å². The van der Waals surface area contributed by atoms with Crippen LogP contribution in [0.4, 0.5) is 0 Å². The highest BCUT2D eigenvalue weighted by atomic mass is 32.1. The predicted molar refractivity (Wildman–Crippen MR) is 88.4 cm³/mol. The van der Waals surface area contributed by atoms with Gasteiger partial charge in [-0.25, -0.2) is 9.67 Å². The highest BCUT2D eigenvalue weighted by molar-refractivity contribution is 7.14. The molecular weight excluding hydrogens is 294 g/mol. The monoisotopic (exact) mass is 309 g/mol. The van der Waals surface area contributed by atoms with Gasteiger partial charge in [-0.1, -0.05) is 25.1 Å². The van der Waals surface area contributed by atoms with Gasteiger partial charge in [-0.3, -0.25) is 4.79 Å². The zero-order valence-electron chi connectivity index (χ0n) is 12.1. The van der Waals surface area contributed by atoms with Gasteiger partial charge in [-0.2, -0.15) is 5.10 Å². The molecule has 0 bridgehead atoms. The second kappa shape index (κ2) is 6.49. The highest BCUT2D eigenvalue weighted by Gasteiger charge is 2.05. The molecular formula is C17H15N3OS. The number of carbonyl (C=O) groups is 1. The normalized spacial score (nSPS) is 11.1. The highest BCUT2D eigenvalue weighted by Crippen LogP contribution is 2.18. The van der Waals surface area contributed by atoms with E-state index in [1.165, 1.54) is 11.2 Å². The summed E-state index contributed by atoms with van der Waals surface area (Å²) >= 11 is 1.56. The summed E-state index contributed by atoms with van der Waals surface area (Å²) in [5.74, 6) is 0.0463. The largest absolute Gasteiger partial charge is 0.288 e. The summed E-state index contributed by atoms with van der Waals surface area (Å²) in [6, 6.07) is 11.7. The molecule has 5 heteroatoms. The van der Waals surface area contributed by atoms with Gasteiger partial charge in [-0.05, 0) is 42.3 Å². The Balaban J connectivity index is 1.71. The smallest absolute Gasteiger partial charge is 0.195 e. The molecule has 0 aliphatic carbocycles. The number of nitrogens with zero attached hydrogens (tertiary/aromatic N) is 3. The van der Waals surface area contributed by atoms with Gasteiger partial charge < -0.3 is 0 Å². The van der Waals surface area contributed by atoms with E-state index in [2.05, 4.69) is 17.0 Å². The molecule has 0 unspecified atom stereocenters. The number of thiophene rings is 1. The Labute approximate surface area is 132 Å². The summed E-state index contributed by atoms with van der Waals surface area (Å²) in [6.07, 6.45) is 7.56. The molecule has 3 aromatic rings. The number of carbonyl (C=O) groups excluding carboxylic acids is 1. The van der Waals surface area contributed by atoms with Crippen LogP contribution in [-0.2, 0) is 6.42 Å². The first kappa shape index (κ1) is 14.4. The van der Waals surface area contributed by atoms with Crippen molar-refractivity contribution in [3.05, 3.63) is 70.4 Å². The Morgan fingerprint density at radius 2 is 2.05 bits per heavy atom. The average Bonchev–Trinajstić information content (AvgIpc) is 3.24. The minimum Gasteiger partial charge on any atom is -0.288 e. The first-order valence-electron chi connectivity index (χ1n) is 7.02. The first-order chi connectivity index (χ1) is 10.8. The zero-order chi connectivity index (χ0) is 15.4. The van der Waals surface area contributed by atoms with Crippen LogP contribution in [-0.4, -0.2) is 20.5 Å². The molecule has 0 spiro atoms. The maximum atomic E-state index is 12.1. The third-order valence-corrected chi connectivity index (χ3v) is 4.50. The molecule has 2 aromatic heterocycles. The zero-order valence-corrected chi connectivity index (χ0v) is 13.0. The lowest BCUT2D eigenvalue weighted by Crippen LogP contribution is -1.93. The average molecular weight is 309 g/mol. The quantitative estimate of drug-likeness (QED) is 0.532. The topological polar surface area (TPSA) is 47.8 Å². The summed E-state index contributed by atoms with van der Waals surface area (Å²) in [6.45, 7) is 2.09. The molecule has 0 amide bonds. The molecule has 0 atom stereocenters. The van der Waals surface area contributed by atoms with E-state index in [4.69, 9.17) is 0 Å². The van der Waals surface area contributed by atoms with Crippen LogP contribution in [0, 0.1) is 0 Å². The molecule has 1 aromatic carbocycles. The predicted octanol–water partition coefficient (Wildman–Crippen LogP) is 3.79. The molecule has 0 saturated heterocycles. The second-order valence-corrected chi connectivity index (χ2v) is 5.92. The molecule has 0 saturated carbocycles. The Morgan fingerprint density at radius 1 is 1.23 bits per heavy atom. The molecule has 0 fully saturated rings. The fraction of sp³-hybridized carbons (Fsp3) is 0.118. The van der Waals surface area contributed by atoms with Crippen molar-refractivity contribution in [1.29, 1.82) is 0 Å². The van der Waals surface area contributed by atoms with Crippen LogP contribution in [0.15, 0.2) is 55.1 Å². The summed E-state index contributed by atoms with van der Waals surface area (Å²) in [5.41, 5.74) is 1.91. The van der Waals surface area contributed by atoms with E-state index in [1.54, 1.807) is 28.4 Å². The third kappa shape index (κ3) is 3.20. The van der Waals surface area contributed by atoms with Crippen LogP contribution < -0.4 is 0 Å². The van der Waals surface area contributed by atoms with Gasteiger partial charge >= 0.3 is 0 Å². The number of hydrogen-bond acceptors (Lipinski definition) is 4. The van der Waals surface area contributed by atoms with Gasteiger partial charge in [0.05, 0.1) is 10.6 Å². The Bertz CT molecular complexity index is 786. The lowest BCUT2D eigenvalue weighted by Gasteiger charge is -2.00. The standard InChI is InChI=1S/C17H15N3OS/c1-2-15-8-10-17(22-15)16(21)9-5-13-3-6-14(7-4-13)20-12-18-11-19-20/h3-12H,2H2,1H3. The fourth-order valence-corrected chi connectivity index (χ4v) is 2.90. The molecule has 0 N–H and O–H groups in total. The van der Waals surface area contributed by atoms with Crippen molar-refractivity contribution in [2.75, 3.05) is 0 Å². The molecule has 110 valence electrons. The van der Waals surface area contributed by atoms with Crippen molar-refractivity contribution in [1.82, 2.24) is 14.8 Å². The third-order valence-electron chi connectivity index (χ3n) is 3.26. The van der Waals surface area contributed by atoms with E-state index in [0.717, 1.165) is 22.5 Å². The number of rotatable bonds is 5. The fourth-order valence-electron chi connectivity index (χ4n) is 2.03. The molecule has 0 radical (unpaired) electrons. The Morgan fingerprint density at radius 3 is 2.68 bits per heavy atom. The summed E-state index contributed by atoms with van der Waals surface area (Å²) < 4.78 is 1.69. The van der Waals surface area contributed by atoms with E-state index in [0.29, 0.717) is 0 Å². The molecule has 4 nitrogen and oxygen atoms in total. The van der Waals surface area contributed by atoms with Crippen molar-refractivity contribution >= 4 is 23.2 Å². The van der Waals surface area contributed by atoms with Crippen LogP contribution in [0.2, 0.25) is 0 Å². The van der Waals surface area contributed by atoms with Crippen molar-refractivity contribution in [3.63, 3.8) is 0 Å². The summed E-state index contributed by atoms with van der Waals surface area (Å²) in [4.78, 5) is 18.0. The number of aromatic nitrogens is 3. The minimum atomic E-state index is 0.0463. The number of ketones is 1. The maximum Gasteiger partial charge on any atom is 0.195 e.